The van der Waals surface area contributed by atoms with Crippen molar-refractivity contribution in [1.82, 2.24) is 4.90 Å². The Hall–Kier alpha value is -1.58. The zero-order valence-electron chi connectivity index (χ0n) is 9.43. The van der Waals surface area contributed by atoms with Crippen LogP contribution in [0.3, 0.4) is 0 Å². The third-order valence-electron chi connectivity index (χ3n) is 2.61. The van der Waals surface area contributed by atoms with Gasteiger partial charge < -0.3 is 10.0 Å². The second-order valence-electron chi connectivity index (χ2n) is 3.77. The maximum absolute atomic E-state index is 11.7. The molecule has 1 heterocycles. The molecule has 0 radical (unpaired) electrons. The van der Waals surface area contributed by atoms with Gasteiger partial charge in [0.05, 0.1) is 0 Å². The van der Waals surface area contributed by atoms with Crippen LogP contribution in [0.2, 0.25) is 0 Å². The van der Waals surface area contributed by atoms with Crippen LogP contribution in [-0.4, -0.2) is 34.5 Å². The number of carbonyl (C=O) groups excluding carboxylic acids is 1. The monoisotopic (exact) mass is 223 g/mol. The zero-order chi connectivity index (χ0) is 12.0. The number of rotatable bonds is 3. The molecule has 0 aromatic rings. The van der Waals surface area contributed by atoms with E-state index in [9.17, 15) is 9.59 Å². The van der Waals surface area contributed by atoms with Crippen LogP contribution >= 0.6 is 0 Å². The number of hydrogen-bond acceptors (Lipinski definition) is 2. The van der Waals surface area contributed by atoms with Gasteiger partial charge in [0.15, 0.2) is 0 Å². The number of piperidine rings is 1. The van der Waals surface area contributed by atoms with Crippen molar-refractivity contribution in [2.45, 2.75) is 32.2 Å². The minimum Gasteiger partial charge on any atom is -0.480 e. The number of aliphatic carboxylic acids is 1. The van der Waals surface area contributed by atoms with E-state index in [1.807, 2.05) is 13.0 Å². The summed E-state index contributed by atoms with van der Waals surface area (Å²) in [7, 11) is 0. The first kappa shape index (κ1) is 12.5. The lowest BCUT2D eigenvalue weighted by molar-refractivity contribution is -0.150. The molecule has 4 nitrogen and oxygen atoms in total. The van der Waals surface area contributed by atoms with Crippen LogP contribution in [0.25, 0.3) is 0 Å². The van der Waals surface area contributed by atoms with Gasteiger partial charge in [0.1, 0.15) is 6.04 Å². The molecule has 0 spiro atoms. The number of allylic oxidation sites excluding steroid dienone is 3. The van der Waals surface area contributed by atoms with Crippen molar-refractivity contribution in [2.24, 2.45) is 0 Å². The fourth-order valence-electron chi connectivity index (χ4n) is 1.80. The molecule has 0 saturated carbocycles. The maximum atomic E-state index is 11.7. The molecule has 1 saturated heterocycles. The van der Waals surface area contributed by atoms with Crippen LogP contribution in [-0.2, 0) is 9.59 Å². The Morgan fingerprint density at radius 2 is 2.06 bits per heavy atom. The smallest absolute Gasteiger partial charge is 0.326 e. The Balaban J connectivity index is 2.67. The van der Waals surface area contributed by atoms with Gasteiger partial charge >= 0.3 is 5.97 Å². The number of likely N-dealkylation sites (tertiary alicyclic amines) is 1. The molecule has 1 fully saturated rings. The van der Waals surface area contributed by atoms with E-state index >= 15 is 0 Å². The summed E-state index contributed by atoms with van der Waals surface area (Å²) in [6.45, 7) is 2.39. The van der Waals surface area contributed by atoms with E-state index in [4.69, 9.17) is 5.11 Å². The van der Waals surface area contributed by atoms with Crippen LogP contribution in [0, 0.1) is 0 Å². The molecule has 4 heteroatoms. The third-order valence-corrected chi connectivity index (χ3v) is 2.61. The maximum Gasteiger partial charge on any atom is 0.326 e. The summed E-state index contributed by atoms with van der Waals surface area (Å²) in [6.07, 6.45) is 8.92. The van der Waals surface area contributed by atoms with Crippen LogP contribution in [0.15, 0.2) is 24.3 Å². The number of amides is 1. The summed E-state index contributed by atoms with van der Waals surface area (Å²) in [4.78, 5) is 24.1. The van der Waals surface area contributed by atoms with Crippen LogP contribution in [0.5, 0.6) is 0 Å². The third kappa shape index (κ3) is 3.22. The largest absolute Gasteiger partial charge is 0.480 e. The Kier molecular flexibility index (Phi) is 4.76. The standard InChI is InChI=1S/C12H17NO3/c1-2-3-4-8-11(14)13-9-6-5-7-10(13)12(15)16/h2-4,8,10H,5-7,9H2,1H3,(H,15,16)/t10-/m1/s1. The Bertz CT molecular complexity index is 320. The highest BCUT2D eigenvalue weighted by atomic mass is 16.4. The predicted molar refractivity (Wildman–Crippen MR) is 60.9 cm³/mol. The molecule has 1 aliphatic heterocycles. The molecule has 0 aliphatic carbocycles. The number of carboxylic acid groups (broad SMARTS) is 1. The lowest BCUT2D eigenvalue weighted by Gasteiger charge is -2.32. The van der Waals surface area contributed by atoms with Gasteiger partial charge in [0.2, 0.25) is 5.91 Å². The summed E-state index contributed by atoms with van der Waals surface area (Å²) in [5, 5.41) is 9.00. The molecule has 1 rings (SSSR count). The molecule has 0 aromatic carbocycles. The van der Waals surface area contributed by atoms with Crippen molar-refractivity contribution in [3.63, 3.8) is 0 Å². The van der Waals surface area contributed by atoms with Gasteiger partial charge in [-0.25, -0.2) is 4.79 Å². The summed E-state index contributed by atoms with van der Waals surface area (Å²) in [6, 6.07) is -0.656. The Labute approximate surface area is 95.2 Å². The molecule has 1 aliphatic rings. The number of nitrogens with zero attached hydrogens (tertiary/aromatic N) is 1. The first-order valence-electron chi connectivity index (χ1n) is 5.49. The Morgan fingerprint density at radius 1 is 1.31 bits per heavy atom. The first-order valence-corrected chi connectivity index (χ1v) is 5.49. The van der Waals surface area contributed by atoms with Crippen molar-refractivity contribution in [1.29, 1.82) is 0 Å². The van der Waals surface area contributed by atoms with E-state index in [0.717, 1.165) is 12.8 Å². The van der Waals surface area contributed by atoms with E-state index < -0.39 is 12.0 Å². The highest BCUT2D eigenvalue weighted by Crippen LogP contribution is 2.17. The predicted octanol–water partition coefficient (Wildman–Crippen LogP) is 1.58. The fourth-order valence-corrected chi connectivity index (χ4v) is 1.80. The fraction of sp³-hybridized carbons (Fsp3) is 0.500. The molecule has 0 bridgehead atoms. The second kappa shape index (κ2) is 6.10. The summed E-state index contributed by atoms with van der Waals surface area (Å²) in [5.74, 6) is -1.13. The summed E-state index contributed by atoms with van der Waals surface area (Å²) >= 11 is 0. The topological polar surface area (TPSA) is 57.6 Å². The Morgan fingerprint density at radius 3 is 2.69 bits per heavy atom. The SMILES string of the molecule is CC=CC=CC(=O)N1CCCC[C@@H]1C(=O)O. The van der Waals surface area contributed by atoms with Gasteiger partial charge in [-0.2, -0.15) is 0 Å². The number of carbonyl (C=O) groups is 2. The van der Waals surface area contributed by atoms with Crippen molar-refractivity contribution < 1.29 is 14.7 Å². The summed E-state index contributed by atoms with van der Waals surface area (Å²) in [5.41, 5.74) is 0. The van der Waals surface area contributed by atoms with Crippen molar-refractivity contribution in [3.8, 4) is 0 Å². The van der Waals surface area contributed by atoms with Crippen molar-refractivity contribution in [3.05, 3.63) is 24.3 Å². The van der Waals surface area contributed by atoms with Crippen LogP contribution in [0.1, 0.15) is 26.2 Å². The lowest BCUT2D eigenvalue weighted by Crippen LogP contribution is -2.47. The number of carboxylic acids is 1. The van der Waals surface area contributed by atoms with E-state index in [-0.39, 0.29) is 5.91 Å². The van der Waals surface area contributed by atoms with Gasteiger partial charge in [-0.1, -0.05) is 18.2 Å². The highest BCUT2D eigenvalue weighted by Gasteiger charge is 2.30. The first-order chi connectivity index (χ1) is 7.66. The molecular weight excluding hydrogens is 206 g/mol. The molecule has 0 unspecified atom stereocenters. The van der Waals surface area contributed by atoms with Gasteiger partial charge in [-0.3, -0.25) is 4.79 Å². The van der Waals surface area contributed by atoms with Gasteiger partial charge in [-0.15, -0.1) is 0 Å². The minimum absolute atomic E-state index is 0.217. The second-order valence-corrected chi connectivity index (χ2v) is 3.77. The van der Waals surface area contributed by atoms with Gasteiger partial charge in [-0.05, 0) is 26.2 Å². The molecule has 0 aromatic heterocycles. The van der Waals surface area contributed by atoms with Gasteiger partial charge in [0, 0.05) is 12.6 Å². The highest BCUT2D eigenvalue weighted by molar-refractivity contribution is 5.91. The normalized spacial score (nSPS) is 21.8. The van der Waals surface area contributed by atoms with Gasteiger partial charge in [0.25, 0.3) is 0 Å². The van der Waals surface area contributed by atoms with E-state index in [1.165, 1.54) is 11.0 Å². The molecular formula is C12H17NO3. The lowest BCUT2D eigenvalue weighted by atomic mass is 10.0. The zero-order valence-corrected chi connectivity index (χ0v) is 9.43. The number of hydrogen-bond donors (Lipinski definition) is 1. The van der Waals surface area contributed by atoms with E-state index in [1.54, 1.807) is 12.2 Å². The summed E-state index contributed by atoms with van der Waals surface area (Å²) < 4.78 is 0. The average molecular weight is 223 g/mol. The van der Waals surface area contributed by atoms with Crippen LogP contribution in [0.4, 0.5) is 0 Å². The molecule has 1 amide bonds. The minimum atomic E-state index is -0.910. The molecule has 1 N–H and O–H groups in total. The average Bonchev–Trinajstić information content (AvgIpc) is 2.29. The molecule has 1 atom stereocenters. The van der Waals surface area contributed by atoms with Crippen molar-refractivity contribution in [2.75, 3.05) is 6.54 Å². The molecule has 16 heavy (non-hydrogen) atoms. The van der Waals surface area contributed by atoms with E-state index in [0.29, 0.717) is 13.0 Å². The quantitative estimate of drug-likeness (QED) is 0.584. The van der Waals surface area contributed by atoms with Crippen LogP contribution < -0.4 is 0 Å². The molecule has 88 valence electrons. The van der Waals surface area contributed by atoms with Crippen molar-refractivity contribution >= 4 is 11.9 Å². The van der Waals surface area contributed by atoms with E-state index in [2.05, 4.69) is 0 Å².